The first-order valence-electron chi connectivity index (χ1n) is 5.55. The lowest BCUT2D eigenvalue weighted by atomic mass is 10.1. The number of hydrogen-bond donors (Lipinski definition) is 1. The average Bonchev–Trinajstić information content (AvgIpc) is 2.78. The predicted octanol–water partition coefficient (Wildman–Crippen LogP) is 3.50. The third kappa shape index (κ3) is 3.04. The van der Waals surface area contributed by atoms with Crippen molar-refractivity contribution in [2.75, 3.05) is 0 Å². The van der Waals surface area contributed by atoms with E-state index < -0.39 is 0 Å². The van der Waals surface area contributed by atoms with Gasteiger partial charge in [-0.15, -0.1) is 0 Å². The molecule has 18 heavy (non-hydrogen) atoms. The Labute approximate surface area is 113 Å². The van der Waals surface area contributed by atoms with Gasteiger partial charge < -0.3 is 9.78 Å². The molecule has 0 amide bonds. The molecule has 0 bridgehead atoms. The Bertz CT molecular complexity index is 580. The van der Waals surface area contributed by atoms with Gasteiger partial charge >= 0.3 is 0 Å². The molecule has 1 aromatic carbocycles. The molecule has 1 aromatic heterocycles. The zero-order valence-corrected chi connectivity index (χ0v) is 11.4. The van der Waals surface area contributed by atoms with Gasteiger partial charge in [-0.2, -0.15) is 0 Å². The van der Waals surface area contributed by atoms with E-state index in [9.17, 15) is 9.18 Å². The number of aromatic nitrogens is 2. The number of Topliss-reactive ketones (excluding diaryl/α,β-unsaturated/α-hetero) is 1. The summed E-state index contributed by atoms with van der Waals surface area (Å²) in [5, 5.41) is 0. The molecule has 0 aliphatic carbocycles. The van der Waals surface area contributed by atoms with E-state index in [0.29, 0.717) is 29.9 Å². The summed E-state index contributed by atoms with van der Waals surface area (Å²) in [7, 11) is 0. The number of aromatic amines is 1. The number of carbonyl (C=O) groups is 1. The van der Waals surface area contributed by atoms with Crippen molar-refractivity contribution >= 4 is 21.7 Å². The van der Waals surface area contributed by atoms with Crippen molar-refractivity contribution in [1.82, 2.24) is 9.97 Å². The molecule has 3 nitrogen and oxygen atoms in total. The first-order chi connectivity index (χ1) is 8.56. The molecular formula is C13H12BrFN2O. The minimum absolute atomic E-state index is 0.113. The zero-order valence-electron chi connectivity index (χ0n) is 9.84. The van der Waals surface area contributed by atoms with Gasteiger partial charge in [0, 0.05) is 22.9 Å². The fourth-order valence-corrected chi connectivity index (χ4v) is 1.99. The Hall–Kier alpha value is -1.49. The number of benzene rings is 1. The van der Waals surface area contributed by atoms with Gasteiger partial charge in [0.2, 0.25) is 0 Å². The molecule has 1 heterocycles. The van der Waals surface area contributed by atoms with Gasteiger partial charge in [0.05, 0.1) is 11.9 Å². The molecule has 2 aromatic rings. The van der Waals surface area contributed by atoms with Crippen LogP contribution in [0.2, 0.25) is 0 Å². The van der Waals surface area contributed by atoms with E-state index in [1.54, 1.807) is 18.3 Å². The van der Waals surface area contributed by atoms with Gasteiger partial charge in [0.1, 0.15) is 17.4 Å². The standard InChI is InChI=1S/C13H12BrFN2O/c1-8(18)2-5-13-16-7-12(17-13)10-6-9(14)3-4-11(10)15/h3-4,6-7H,2,5H2,1H3,(H,16,17). The second-order valence-electron chi connectivity index (χ2n) is 4.07. The van der Waals surface area contributed by atoms with Crippen molar-refractivity contribution in [1.29, 1.82) is 0 Å². The van der Waals surface area contributed by atoms with E-state index in [1.807, 2.05) is 0 Å². The van der Waals surface area contributed by atoms with Crippen LogP contribution in [0.15, 0.2) is 28.9 Å². The van der Waals surface area contributed by atoms with Crippen molar-refractivity contribution in [3.8, 4) is 11.3 Å². The van der Waals surface area contributed by atoms with Crippen molar-refractivity contribution in [3.63, 3.8) is 0 Å². The number of nitrogens with zero attached hydrogens (tertiary/aromatic N) is 1. The van der Waals surface area contributed by atoms with Crippen LogP contribution in [0, 0.1) is 5.82 Å². The molecule has 2 rings (SSSR count). The van der Waals surface area contributed by atoms with Crippen LogP contribution in [0.3, 0.4) is 0 Å². The lowest BCUT2D eigenvalue weighted by Crippen LogP contribution is -1.95. The summed E-state index contributed by atoms with van der Waals surface area (Å²) >= 11 is 3.30. The minimum atomic E-state index is -0.306. The van der Waals surface area contributed by atoms with Gasteiger partial charge in [-0.3, -0.25) is 0 Å². The number of rotatable bonds is 4. The third-order valence-corrected chi connectivity index (χ3v) is 3.05. The highest BCUT2D eigenvalue weighted by atomic mass is 79.9. The highest BCUT2D eigenvalue weighted by Crippen LogP contribution is 2.24. The van der Waals surface area contributed by atoms with E-state index >= 15 is 0 Å². The van der Waals surface area contributed by atoms with Crippen molar-refractivity contribution in [2.45, 2.75) is 19.8 Å². The summed E-state index contributed by atoms with van der Waals surface area (Å²) in [4.78, 5) is 18.1. The Kier molecular flexibility index (Phi) is 3.91. The largest absolute Gasteiger partial charge is 0.342 e. The normalized spacial score (nSPS) is 10.6. The summed E-state index contributed by atoms with van der Waals surface area (Å²) in [6, 6.07) is 4.74. The van der Waals surface area contributed by atoms with Crippen LogP contribution in [0.4, 0.5) is 4.39 Å². The smallest absolute Gasteiger partial charge is 0.132 e. The SMILES string of the molecule is CC(=O)CCc1ncc(-c2cc(Br)ccc2F)[nH]1. The molecule has 0 atom stereocenters. The Morgan fingerprint density at radius 1 is 1.50 bits per heavy atom. The number of halogens is 2. The number of aryl methyl sites for hydroxylation is 1. The maximum absolute atomic E-state index is 13.7. The van der Waals surface area contributed by atoms with E-state index in [4.69, 9.17) is 0 Å². The molecule has 0 spiro atoms. The van der Waals surface area contributed by atoms with Crippen LogP contribution in [0.25, 0.3) is 11.3 Å². The van der Waals surface area contributed by atoms with Crippen LogP contribution < -0.4 is 0 Å². The van der Waals surface area contributed by atoms with E-state index in [0.717, 1.165) is 4.47 Å². The highest BCUT2D eigenvalue weighted by molar-refractivity contribution is 9.10. The molecule has 0 fully saturated rings. The molecule has 0 saturated heterocycles. The number of imidazole rings is 1. The quantitative estimate of drug-likeness (QED) is 0.939. The van der Waals surface area contributed by atoms with E-state index in [2.05, 4.69) is 25.9 Å². The first-order valence-corrected chi connectivity index (χ1v) is 6.34. The summed E-state index contributed by atoms with van der Waals surface area (Å²) in [5.41, 5.74) is 1.08. The summed E-state index contributed by atoms with van der Waals surface area (Å²) in [6.45, 7) is 1.54. The molecule has 0 radical (unpaired) electrons. The molecule has 5 heteroatoms. The van der Waals surface area contributed by atoms with Gasteiger partial charge in [-0.25, -0.2) is 9.37 Å². The van der Waals surface area contributed by atoms with Crippen LogP contribution in [0.5, 0.6) is 0 Å². The maximum Gasteiger partial charge on any atom is 0.132 e. The predicted molar refractivity (Wildman–Crippen MR) is 70.7 cm³/mol. The Balaban J connectivity index is 2.23. The lowest BCUT2D eigenvalue weighted by Gasteiger charge is -2.00. The van der Waals surface area contributed by atoms with Gasteiger partial charge in [0.25, 0.3) is 0 Å². The summed E-state index contributed by atoms with van der Waals surface area (Å²) in [5.74, 6) is 0.501. The molecular weight excluding hydrogens is 299 g/mol. The third-order valence-electron chi connectivity index (χ3n) is 2.56. The molecule has 0 aliphatic heterocycles. The average molecular weight is 311 g/mol. The Morgan fingerprint density at radius 2 is 2.28 bits per heavy atom. The second kappa shape index (κ2) is 5.44. The first kappa shape index (κ1) is 13.0. The van der Waals surface area contributed by atoms with Crippen molar-refractivity contribution < 1.29 is 9.18 Å². The molecule has 0 aliphatic rings. The minimum Gasteiger partial charge on any atom is -0.342 e. The molecule has 94 valence electrons. The van der Waals surface area contributed by atoms with Gasteiger partial charge in [0.15, 0.2) is 0 Å². The molecule has 1 N–H and O–H groups in total. The number of hydrogen-bond acceptors (Lipinski definition) is 2. The van der Waals surface area contributed by atoms with E-state index in [-0.39, 0.29) is 11.6 Å². The highest BCUT2D eigenvalue weighted by Gasteiger charge is 2.09. The lowest BCUT2D eigenvalue weighted by molar-refractivity contribution is -0.117. The number of nitrogens with one attached hydrogen (secondary N) is 1. The van der Waals surface area contributed by atoms with Crippen LogP contribution in [0.1, 0.15) is 19.2 Å². The monoisotopic (exact) mass is 310 g/mol. The molecule has 0 saturated carbocycles. The van der Waals surface area contributed by atoms with Gasteiger partial charge in [-0.05, 0) is 25.1 Å². The van der Waals surface area contributed by atoms with Crippen LogP contribution in [-0.2, 0) is 11.2 Å². The van der Waals surface area contributed by atoms with Crippen LogP contribution >= 0.6 is 15.9 Å². The number of ketones is 1. The van der Waals surface area contributed by atoms with Crippen molar-refractivity contribution in [2.24, 2.45) is 0 Å². The van der Waals surface area contributed by atoms with Crippen LogP contribution in [-0.4, -0.2) is 15.8 Å². The number of H-pyrrole nitrogens is 1. The Morgan fingerprint density at radius 3 is 3.00 bits per heavy atom. The number of carbonyl (C=O) groups excluding carboxylic acids is 1. The maximum atomic E-state index is 13.7. The second-order valence-corrected chi connectivity index (χ2v) is 4.99. The molecule has 0 unspecified atom stereocenters. The zero-order chi connectivity index (χ0) is 13.1. The fourth-order valence-electron chi connectivity index (χ4n) is 1.62. The summed E-state index contributed by atoms with van der Waals surface area (Å²) < 4.78 is 14.5. The summed E-state index contributed by atoms with van der Waals surface area (Å²) in [6.07, 6.45) is 2.57. The van der Waals surface area contributed by atoms with Gasteiger partial charge in [-0.1, -0.05) is 15.9 Å². The van der Waals surface area contributed by atoms with Crippen molar-refractivity contribution in [3.05, 3.63) is 40.5 Å². The fraction of sp³-hybridized carbons (Fsp3) is 0.231. The van der Waals surface area contributed by atoms with E-state index in [1.165, 1.54) is 13.0 Å². The topological polar surface area (TPSA) is 45.8 Å².